The molecular formula is C22H34O7. The van der Waals surface area contributed by atoms with Crippen molar-refractivity contribution in [3.8, 4) is 0 Å². The number of carbonyl (C=O) groups excluding carboxylic acids is 1. The number of rotatable bonds is 16. The molecule has 7 nitrogen and oxygen atoms in total. The largest absolute Gasteiger partial charge is 0.377 e. The fraction of sp³-hybridized carbons (Fsp3) is 0.682. The van der Waals surface area contributed by atoms with Crippen LogP contribution >= 0.6 is 0 Å². The van der Waals surface area contributed by atoms with Gasteiger partial charge in [-0.25, -0.2) is 0 Å². The van der Waals surface area contributed by atoms with E-state index in [0.29, 0.717) is 65.0 Å². The maximum Gasteiger partial charge on any atom is 0.159 e. The summed E-state index contributed by atoms with van der Waals surface area (Å²) in [7, 11) is 0. The Morgan fingerprint density at radius 2 is 1.45 bits per heavy atom. The molecule has 0 saturated carbocycles. The number of Topliss-reactive ketones (excluding diaryl/α,β-unsaturated/α-hetero) is 1. The van der Waals surface area contributed by atoms with Crippen molar-refractivity contribution in [1.82, 2.24) is 0 Å². The average Bonchev–Trinajstić information content (AvgIpc) is 2.75. The fourth-order valence-corrected chi connectivity index (χ4v) is 2.77. The summed E-state index contributed by atoms with van der Waals surface area (Å²) in [5.41, 5.74) is 1.75. The lowest BCUT2D eigenvalue weighted by Crippen LogP contribution is -2.24. The Morgan fingerprint density at radius 1 is 0.862 bits per heavy atom. The normalized spacial score (nSPS) is 16.8. The molecule has 0 N–H and O–H groups in total. The molecule has 1 unspecified atom stereocenters. The van der Waals surface area contributed by atoms with Crippen molar-refractivity contribution in [1.29, 1.82) is 0 Å². The first-order valence-corrected chi connectivity index (χ1v) is 10.4. The van der Waals surface area contributed by atoms with Crippen LogP contribution in [0.4, 0.5) is 0 Å². The standard InChI is InChI=1S/C22H34O7/c1-19(23)21-7-5-20(6-8-21)18-27-15-14-25-11-10-24-12-13-26-16-17-29-22-4-2-3-9-28-22/h5-8,22H,2-4,9-18H2,1H3. The van der Waals surface area contributed by atoms with Crippen molar-refractivity contribution in [2.75, 3.05) is 59.5 Å². The Labute approximate surface area is 173 Å². The molecule has 0 spiro atoms. The quantitative estimate of drug-likeness (QED) is 0.306. The van der Waals surface area contributed by atoms with Gasteiger partial charge in [0, 0.05) is 12.2 Å². The number of hydrogen-bond acceptors (Lipinski definition) is 7. The highest BCUT2D eigenvalue weighted by molar-refractivity contribution is 5.93. The maximum absolute atomic E-state index is 11.2. The van der Waals surface area contributed by atoms with Gasteiger partial charge < -0.3 is 28.4 Å². The molecule has 2 rings (SSSR count). The van der Waals surface area contributed by atoms with E-state index in [1.54, 1.807) is 6.92 Å². The minimum atomic E-state index is -0.0583. The number of benzene rings is 1. The monoisotopic (exact) mass is 410 g/mol. The first-order chi connectivity index (χ1) is 14.3. The lowest BCUT2D eigenvalue weighted by atomic mass is 10.1. The topological polar surface area (TPSA) is 72.5 Å². The van der Waals surface area contributed by atoms with Gasteiger partial charge in [0.15, 0.2) is 12.1 Å². The predicted molar refractivity (Wildman–Crippen MR) is 108 cm³/mol. The molecule has 0 aromatic heterocycles. The Morgan fingerprint density at radius 3 is 2.00 bits per heavy atom. The van der Waals surface area contributed by atoms with Crippen molar-refractivity contribution in [2.45, 2.75) is 39.1 Å². The molecule has 1 atom stereocenters. The van der Waals surface area contributed by atoms with Crippen molar-refractivity contribution < 1.29 is 33.2 Å². The van der Waals surface area contributed by atoms with Gasteiger partial charge in [0.05, 0.1) is 59.5 Å². The molecule has 7 heteroatoms. The van der Waals surface area contributed by atoms with E-state index >= 15 is 0 Å². The minimum absolute atomic E-state index is 0.0583. The van der Waals surface area contributed by atoms with Gasteiger partial charge in [0.25, 0.3) is 0 Å². The Hall–Kier alpha value is -1.35. The first-order valence-electron chi connectivity index (χ1n) is 10.4. The van der Waals surface area contributed by atoms with Crippen molar-refractivity contribution in [3.05, 3.63) is 35.4 Å². The van der Waals surface area contributed by atoms with E-state index in [0.717, 1.165) is 25.0 Å². The zero-order chi connectivity index (χ0) is 20.6. The number of hydrogen-bond donors (Lipinski definition) is 0. The SMILES string of the molecule is CC(=O)c1ccc(COCCOCCOCCOCCOC2CCCCO2)cc1. The summed E-state index contributed by atoms with van der Waals surface area (Å²) in [5, 5.41) is 0. The van der Waals surface area contributed by atoms with Crippen LogP contribution in [-0.2, 0) is 35.0 Å². The van der Waals surface area contributed by atoms with Crippen LogP contribution in [0.5, 0.6) is 0 Å². The van der Waals surface area contributed by atoms with Gasteiger partial charge in [-0.1, -0.05) is 24.3 Å². The third kappa shape index (κ3) is 11.4. The van der Waals surface area contributed by atoms with Crippen molar-refractivity contribution >= 4 is 5.78 Å². The third-order valence-electron chi connectivity index (χ3n) is 4.41. The molecule has 1 aliphatic rings. The van der Waals surface area contributed by atoms with Gasteiger partial charge >= 0.3 is 0 Å². The van der Waals surface area contributed by atoms with Crippen LogP contribution in [0.25, 0.3) is 0 Å². The molecule has 1 saturated heterocycles. The van der Waals surface area contributed by atoms with Crippen molar-refractivity contribution in [3.63, 3.8) is 0 Å². The zero-order valence-electron chi connectivity index (χ0n) is 17.4. The smallest absolute Gasteiger partial charge is 0.159 e. The van der Waals surface area contributed by atoms with Gasteiger partial charge in [-0.05, 0) is 31.7 Å². The first kappa shape index (κ1) is 23.9. The Balaban J connectivity index is 1.30. The van der Waals surface area contributed by atoms with E-state index in [1.807, 2.05) is 24.3 Å². The van der Waals surface area contributed by atoms with E-state index in [1.165, 1.54) is 6.42 Å². The van der Waals surface area contributed by atoms with Gasteiger partial charge in [0.2, 0.25) is 0 Å². The van der Waals surface area contributed by atoms with Crippen LogP contribution in [0.1, 0.15) is 42.1 Å². The lowest BCUT2D eigenvalue weighted by molar-refractivity contribution is -0.169. The van der Waals surface area contributed by atoms with E-state index in [9.17, 15) is 4.79 Å². The highest BCUT2D eigenvalue weighted by Crippen LogP contribution is 2.13. The Kier molecular flexibility index (Phi) is 12.8. The molecule has 1 aliphatic heterocycles. The summed E-state index contributed by atoms with van der Waals surface area (Å²) in [6.45, 7) is 7.13. The summed E-state index contributed by atoms with van der Waals surface area (Å²) in [6, 6.07) is 7.44. The molecule has 164 valence electrons. The molecule has 0 amide bonds. The molecule has 1 fully saturated rings. The molecule has 1 heterocycles. The van der Waals surface area contributed by atoms with Crippen molar-refractivity contribution in [2.24, 2.45) is 0 Å². The van der Waals surface area contributed by atoms with E-state index in [2.05, 4.69) is 0 Å². The van der Waals surface area contributed by atoms with Crippen LogP contribution in [0.2, 0.25) is 0 Å². The van der Waals surface area contributed by atoms with Gasteiger partial charge in [-0.2, -0.15) is 0 Å². The highest BCUT2D eigenvalue weighted by atomic mass is 16.7. The summed E-state index contributed by atoms with van der Waals surface area (Å²) in [6.07, 6.45) is 3.21. The summed E-state index contributed by atoms with van der Waals surface area (Å²) in [5.74, 6) is 0.0680. The van der Waals surface area contributed by atoms with Crippen LogP contribution in [0.15, 0.2) is 24.3 Å². The lowest BCUT2D eigenvalue weighted by Gasteiger charge is -2.22. The number of carbonyl (C=O) groups is 1. The fourth-order valence-electron chi connectivity index (χ4n) is 2.77. The third-order valence-corrected chi connectivity index (χ3v) is 4.41. The van der Waals surface area contributed by atoms with Gasteiger partial charge in [0.1, 0.15) is 0 Å². The van der Waals surface area contributed by atoms with Gasteiger partial charge in [-0.15, -0.1) is 0 Å². The zero-order valence-corrected chi connectivity index (χ0v) is 17.4. The maximum atomic E-state index is 11.2. The van der Waals surface area contributed by atoms with Crippen LogP contribution < -0.4 is 0 Å². The molecule has 29 heavy (non-hydrogen) atoms. The molecule has 0 bridgehead atoms. The number of ketones is 1. The minimum Gasteiger partial charge on any atom is -0.377 e. The van der Waals surface area contributed by atoms with E-state index < -0.39 is 0 Å². The molecule has 1 aromatic rings. The average molecular weight is 411 g/mol. The Bertz CT molecular complexity index is 541. The molecule has 1 aromatic carbocycles. The predicted octanol–water partition coefficient (Wildman–Crippen LogP) is 3.00. The molecule has 0 aliphatic carbocycles. The summed E-state index contributed by atoms with van der Waals surface area (Å²) in [4.78, 5) is 11.2. The molecule has 0 radical (unpaired) electrons. The number of ether oxygens (including phenoxy) is 6. The van der Waals surface area contributed by atoms with Crippen LogP contribution in [-0.4, -0.2) is 71.5 Å². The van der Waals surface area contributed by atoms with E-state index in [4.69, 9.17) is 28.4 Å². The van der Waals surface area contributed by atoms with Crippen LogP contribution in [0.3, 0.4) is 0 Å². The van der Waals surface area contributed by atoms with Gasteiger partial charge in [-0.3, -0.25) is 4.79 Å². The molecular weight excluding hydrogens is 376 g/mol. The van der Waals surface area contributed by atoms with E-state index in [-0.39, 0.29) is 12.1 Å². The highest BCUT2D eigenvalue weighted by Gasteiger charge is 2.13. The second-order valence-corrected chi connectivity index (χ2v) is 6.81. The second-order valence-electron chi connectivity index (χ2n) is 6.81. The second kappa shape index (κ2) is 15.5. The van der Waals surface area contributed by atoms with Crippen LogP contribution in [0, 0.1) is 0 Å². The summed E-state index contributed by atoms with van der Waals surface area (Å²) < 4.78 is 33.0. The summed E-state index contributed by atoms with van der Waals surface area (Å²) >= 11 is 0.